The molecule has 4 rings (SSSR count). The zero-order chi connectivity index (χ0) is 21.3. The fourth-order valence-electron chi connectivity index (χ4n) is 4.31. The van der Waals surface area contributed by atoms with Gasteiger partial charge in [0.15, 0.2) is 0 Å². The molecule has 2 amide bonds. The Bertz CT molecular complexity index is 953. The van der Waals surface area contributed by atoms with Crippen LogP contribution >= 0.6 is 11.3 Å². The fourth-order valence-corrected chi connectivity index (χ4v) is 5.61. The van der Waals surface area contributed by atoms with Crippen molar-refractivity contribution in [3.8, 4) is 0 Å². The Morgan fingerprint density at radius 1 is 1.20 bits per heavy atom. The van der Waals surface area contributed by atoms with Crippen LogP contribution in [0.4, 0.5) is 9.39 Å². The number of amides is 2. The number of benzene rings is 1. The van der Waals surface area contributed by atoms with Gasteiger partial charge in [0, 0.05) is 43.2 Å². The number of aryl methyl sites for hydroxylation is 1. The molecule has 0 radical (unpaired) electrons. The molecule has 1 aromatic carbocycles. The van der Waals surface area contributed by atoms with Crippen molar-refractivity contribution in [2.45, 2.75) is 38.8 Å². The second kappa shape index (κ2) is 8.83. The van der Waals surface area contributed by atoms with Gasteiger partial charge in [-0.15, -0.1) is 11.3 Å². The molecule has 0 saturated carbocycles. The number of carbonyl (C=O) groups excluding carboxylic acids is 2. The molecule has 3 N–H and O–H groups in total. The Balaban J connectivity index is 1.35. The lowest BCUT2D eigenvalue weighted by molar-refractivity contribution is -0.121. The third-order valence-corrected chi connectivity index (χ3v) is 7.30. The number of nitrogens with zero attached hydrogens (tertiary/aromatic N) is 2. The second-order valence-electron chi connectivity index (χ2n) is 7.99. The Hall–Kier alpha value is -2.29. The molecular formula is C22H27FN4O2S. The highest BCUT2D eigenvalue weighted by molar-refractivity contribution is 7.17. The van der Waals surface area contributed by atoms with E-state index in [1.165, 1.54) is 17.4 Å². The summed E-state index contributed by atoms with van der Waals surface area (Å²) in [5, 5.41) is 3.54. The van der Waals surface area contributed by atoms with Gasteiger partial charge in [-0.2, -0.15) is 0 Å². The molecule has 2 heterocycles. The van der Waals surface area contributed by atoms with Crippen LogP contribution in [-0.2, 0) is 24.2 Å². The van der Waals surface area contributed by atoms with Crippen molar-refractivity contribution in [1.82, 2.24) is 9.80 Å². The maximum Gasteiger partial charge on any atom is 0.251 e. The third-order valence-electron chi connectivity index (χ3n) is 6.09. The van der Waals surface area contributed by atoms with Crippen LogP contribution in [0, 0.1) is 5.82 Å². The van der Waals surface area contributed by atoms with Crippen LogP contribution in [0.15, 0.2) is 24.3 Å². The van der Waals surface area contributed by atoms with Crippen LogP contribution in [0.5, 0.6) is 0 Å². The van der Waals surface area contributed by atoms with E-state index in [1.54, 1.807) is 6.07 Å². The molecule has 160 valence electrons. The molecule has 0 spiro atoms. The number of rotatable bonds is 6. The Kier molecular flexibility index (Phi) is 6.17. The smallest absolute Gasteiger partial charge is 0.251 e. The van der Waals surface area contributed by atoms with Crippen molar-refractivity contribution in [2.24, 2.45) is 5.73 Å². The van der Waals surface area contributed by atoms with Gasteiger partial charge in [0.1, 0.15) is 10.8 Å². The predicted octanol–water partition coefficient (Wildman–Crippen LogP) is 2.62. The number of primary amides is 1. The highest BCUT2D eigenvalue weighted by Gasteiger charge is 2.30. The van der Waals surface area contributed by atoms with E-state index in [-0.39, 0.29) is 17.8 Å². The molecule has 8 heteroatoms. The van der Waals surface area contributed by atoms with Gasteiger partial charge in [-0.3, -0.25) is 19.4 Å². The van der Waals surface area contributed by atoms with E-state index in [0.717, 1.165) is 55.9 Å². The zero-order valence-corrected chi connectivity index (χ0v) is 17.9. The van der Waals surface area contributed by atoms with E-state index in [9.17, 15) is 14.0 Å². The maximum atomic E-state index is 13.9. The molecule has 6 nitrogen and oxygen atoms in total. The average Bonchev–Trinajstić information content (AvgIpc) is 3.30. The number of fused-ring (bicyclic) bond motifs is 1. The van der Waals surface area contributed by atoms with Crippen LogP contribution < -0.4 is 11.1 Å². The number of thiophene rings is 1. The molecule has 1 fully saturated rings. The Labute approximate surface area is 179 Å². The van der Waals surface area contributed by atoms with E-state index >= 15 is 0 Å². The summed E-state index contributed by atoms with van der Waals surface area (Å²) < 4.78 is 13.9. The van der Waals surface area contributed by atoms with Gasteiger partial charge in [0.05, 0.1) is 11.6 Å². The third kappa shape index (κ3) is 4.26. The van der Waals surface area contributed by atoms with Crippen molar-refractivity contribution < 1.29 is 14.0 Å². The van der Waals surface area contributed by atoms with Gasteiger partial charge in [-0.1, -0.05) is 18.2 Å². The van der Waals surface area contributed by atoms with Crippen molar-refractivity contribution in [3.05, 3.63) is 51.7 Å². The predicted molar refractivity (Wildman–Crippen MR) is 116 cm³/mol. The minimum atomic E-state index is -0.473. The van der Waals surface area contributed by atoms with Crippen LogP contribution in [0.3, 0.4) is 0 Å². The molecule has 2 aromatic rings. The van der Waals surface area contributed by atoms with E-state index < -0.39 is 5.91 Å². The molecule has 0 bridgehead atoms. The van der Waals surface area contributed by atoms with Gasteiger partial charge in [0.25, 0.3) is 5.91 Å². The monoisotopic (exact) mass is 430 g/mol. The summed E-state index contributed by atoms with van der Waals surface area (Å²) in [6.07, 6.45) is 2.82. The number of halogens is 1. The van der Waals surface area contributed by atoms with Crippen molar-refractivity contribution in [2.75, 3.05) is 31.5 Å². The van der Waals surface area contributed by atoms with Gasteiger partial charge >= 0.3 is 0 Å². The van der Waals surface area contributed by atoms with E-state index in [4.69, 9.17) is 5.73 Å². The molecule has 1 saturated heterocycles. The summed E-state index contributed by atoms with van der Waals surface area (Å²) in [6.45, 7) is 5.45. The number of anilines is 1. The SMILES string of the molecule is CC(C(=O)Nc1sc2c(c1C(N)=O)CCC2)N1CCN(Cc2ccccc2F)CC1. The fraction of sp³-hybridized carbons (Fsp3) is 0.455. The lowest BCUT2D eigenvalue weighted by atomic mass is 10.1. The molecule has 1 aromatic heterocycles. The van der Waals surface area contributed by atoms with Gasteiger partial charge in [-0.05, 0) is 37.8 Å². The molecule has 1 atom stereocenters. The first-order valence-corrected chi connectivity index (χ1v) is 11.2. The summed E-state index contributed by atoms with van der Waals surface area (Å²) in [5.74, 6) is -0.778. The number of piperazine rings is 1. The van der Waals surface area contributed by atoms with Gasteiger partial charge in [-0.25, -0.2) is 4.39 Å². The molecule has 2 aliphatic rings. The molecular weight excluding hydrogens is 403 g/mol. The highest BCUT2D eigenvalue weighted by atomic mass is 32.1. The normalized spacial score (nSPS) is 18.2. The number of hydrogen-bond donors (Lipinski definition) is 2. The first-order chi connectivity index (χ1) is 14.4. The topological polar surface area (TPSA) is 78.7 Å². The molecule has 1 aliphatic carbocycles. The van der Waals surface area contributed by atoms with Gasteiger partial charge in [0.2, 0.25) is 5.91 Å². The van der Waals surface area contributed by atoms with Crippen LogP contribution in [-0.4, -0.2) is 53.8 Å². The van der Waals surface area contributed by atoms with E-state index in [1.807, 2.05) is 19.1 Å². The summed E-state index contributed by atoms with van der Waals surface area (Å²) in [7, 11) is 0. The summed E-state index contributed by atoms with van der Waals surface area (Å²) in [6, 6.07) is 6.52. The van der Waals surface area contributed by atoms with Gasteiger partial charge < -0.3 is 11.1 Å². The number of carbonyl (C=O) groups is 2. The van der Waals surface area contributed by atoms with Crippen molar-refractivity contribution >= 4 is 28.2 Å². The van der Waals surface area contributed by atoms with E-state index in [0.29, 0.717) is 22.7 Å². The number of nitrogens with two attached hydrogens (primary N) is 1. The second-order valence-corrected chi connectivity index (χ2v) is 9.10. The lowest BCUT2D eigenvalue weighted by Gasteiger charge is -2.37. The van der Waals surface area contributed by atoms with Crippen molar-refractivity contribution in [1.29, 1.82) is 0 Å². The van der Waals surface area contributed by atoms with Crippen LogP contribution in [0.2, 0.25) is 0 Å². The summed E-state index contributed by atoms with van der Waals surface area (Å²) in [4.78, 5) is 30.3. The summed E-state index contributed by atoms with van der Waals surface area (Å²) >= 11 is 1.48. The summed E-state index contributed by atoms with van der Waals surface area (Å²) in [5.41, 5.74) is 7.79. The first kappa shape index (κ1) is 21.0. The van der Waals surface area contributed by atoms with E-state index in [2.05, 4.69) is 15.1 Å². The molecule has 1 unspecified atom stereocenters. The Morgan fingerprint density at radius 2 is 1.93 bits per heavy atom. The highest BCUT2D eigenvalue weighted by Crippen LogP contribution is 2.38. The minimum absolute atomic E-state index is 0.125. The maximum absolute atomic E-state index is 13.9. The Morgan fingerprint density at radius 3 is 2.63 bits per heavy atom. The average molecular weight is 431 g/mol. The quantitative estimate of drug-likeness (QED) is 0.739. The standard InChI is InChI=1S/C22H27FN4O2S/c1-14(21(29)25-22-19(20(24)28)16-6-4-8-18(16)30-22)27-11-9-26(10-12-27)13-15-5-2-3-7-17(15)23/h2-3,5,7,14H,4,6,8-13H2,1H3,(H2,24,28)(H,25,29). The molecule has 1 aliphatic heterocycles. The van der Waals surface area contributed by atoms with Crippen LogP contribution in [0.1, 0.15) is 39.7 Å². The number of hydrogen-bond acceptors (Lipinski definition) is 5. The molecule has 30 heavy (non-hydrogen) atoms. The largest absolute Gasteiger partial charge is 0.365 e. The minimum Gasteiger partial charge on any atom is -0.365 e. The first-order valence-electron chi connectivity index (χ1n) is 10.4. The number of nitrogens with one attached hydrogen (secondary N) is 1. The van der Waals surface area contributed by atoms with Crippen molar-refractivity contribution in [3.63, 3.8) is 0 Å². The van der Waals surface area contributed by atoms with Crippen LogP contribution in [0.25, 0.3) is 0 Å². The lowest BCUT2D eigenvalue weighted by Crippen LogP contribution is -2.52. The zero-order valence-electron chi connectivity index (χ0n) is 17.1.